The maximum absolute atomic E-state index is 12.0. The number of hydrogen-bond acceptors (Lipinski definition) is 3. The molecular formula is C17H16N2O2. The summed E-state index contributed by atoms with van der Waals surface area (Å²) in [7, 11) is 0. The summed E-state index contributed by atoms with van der Waals surface area (Å²) in [4.78, 5) is 12.0. The molecule has 1 aliphatic heterocycles. The standard InChI is InChI=1S/C17H16N2O2/c20-17(7-11-9-18-10-11)19-12-5-6-16-14(8-12)13-3-1-2-4-15(13)21-16/h1-6,8,11,18H,7,9-10H2,(H,19,20). The number of fused-ring (bicyclic) bond motifs is 3. The Kier molecular flexibility index (Phi) is 2.89. The molecule has 2 aromatic carbocycles. The minimum Gasteiger partial charge on any atom is -0.456 e. The lowest BCUT2D eigenvalue weighted by molar-refractivity contribution is -0.117. The molecular weight excluding hydrogens is 264 g/mol. The van der Waals surface area contributed by atoms with Gasteiger partial charge in [-0.15, -0.1) is 0 Å². The van der Waals surface area contributed by atoms with Crippen molar-refractivity contribution in [3.8, 4) is 0 Å². The predicted octanol–water partition coefficient (Wildman–Crippen LogP) is 3.13. The third kappa shape index (κ3) is 2.28. The maximum Gasteiger partial charge on any atom is 0.224 e. The Morgan fingerprint density at radius 2 is 1.95 bits per heavy atom. The van der Waals surface area contributed by atoms with E-state index in [1.54, 1.807) is 0 Å². The van der Waals surface area contributed by atoms with E-state index in [-0.39, 0.29) is 5.91 Å². The number of furan rings is 1. The van der Waals surface area contributed by atoms with Crippen LogP contribution in [0.2, 0.25) is 0 Å². The van der Waals surface area contributed by atoms with Crippen LogP contribution in [0.4, 0.5) is 5.69 Å². The molecule has 4 rings (SSSR count). The highest BCUT2D eigenvalue weighted by Gasteiger charge is 2.20. The highest BCUT2D eigenvalue weighted by atomic mass is 16.3. The first-order valence-electron chi connectivity index (χ1n) is 7.21. The van der Waals surface area contributed by atoms with E-state index in [1.165, 1.54) is 0 Å². The number of carbonyl (C=O) groups excluding carboxylic acids is 1. The van der Waals surface area contributed by atoms with Crippen molar-refractivity contribution in [3.05, 3.63) is 42.5 Å². The molecule has 2 heterocycles. The van der Waals surface area contributed by atoms with Crippen molar-refractivity contribution in [3.63, 3.8) is 0 Å². The first kappa shape index (κ1) is 12.4. The van der Waals surface area contributed by atoms with E-state index in [4.69, 9.17) is 4.42 Å². The Hall–Kier alpha value is -2.33. The van der Waals surface area contributed by atoms with Crippen LogP contribution in [0.3, 0.4) is 0 Å². The van der Waals surface area contributed by atoms with Gasteiger partial charge >= 0.3 is 0 Å². The van der Waals surface area contributed by atoms with Crippen molar-refractivity contribution in [1.82, 2.24) is 5.32 Å². The molecule has 0 saturated carbocycles. The molecule has 106 valence electrons. The van der Waals surface area contributed by atoms with E-state index >= 15 is 0 Å². The molecule has 1 saturated heterocycles. The van der Waals surface area contributed by atoms with E-state index in [1.807, 2.05) is 42.5 Å². The summed E-state index contributed by atoms with van der Waals surface area (Å²) in [6.45, 7) is 1.89. The van der Waals surface area contributed by atoms with Crippen LogP contribution in [0.25, 0.3) is 21.9 Å². The lowest BCUT2D eigenvalue weighted by Crippen LogP contribution is -2.43. The first-order chi connectivity index (χ1) is 10.3. The second kappa shape index (κ2) is 4.90. The molecule has 1 amide bonds. The Balaban J connectivity index is 1.63. The van der Waals surface area contributed by atoms with E-state index in [9.17, 15) is 4.79 Å². The Morgan fingerprint density at radius 3 is 2.76 bits per heavy atom. The average molecular weight is 280 g/mol. The van der Waals surface area contributed by atoms with Gasteiger partial charge in [0.1, 0.15) is 11.2 Å². The highest BCUT2D eigenvalue weighted by molar-refractivity contribution is 6.06. The zero-order valence-electron chi connectivity index (χ0n) is 11.6. The number of amides is 1. The molecule has 4 nitrogen and oxygen atoms in total. The Bertz CT molecular complexity index is 818. The van der Waals surface area contributed by atoms with Gasteiger partial charge in [0.2, 0.25) is 5.91 Å². The third-order valence-electron chi connectivity index (χ3n) is 4.00. The van der Waals surface area contributed by atoms with Crippen LogP contribution in [0.15, 0.2) is 46.9 Å². The third-order valence-corrected chi connectivity index (χ3v) is 4.00. The Labute approximate surface area is 122 Å². The van der Waals surface area contributed by atoms with E-state index in [0.717, 1.165) is 40.7 Å². The molecule has 0 radical (unpaired) electrons. The van der Waals surface area contributed by atoms with Crippen LogP contribution in [0.5, 0.6) is 0 Å². The van der Waals surface area contributed by atoms with E-state index in [0.29, 0.717) is 12.3 Å². The predicted molar refractivity (Wildman–Crippen MR) is 83.3 cm³/mol. The largest absolute Gasteiger partial charge is 0.456 e. The highest BCUT2D eigenvalue weighted by Crippen LogP contribution is 2.30. The fourth-order valence-electron chi connectivity index (χ4n) is 2.77. The van der Waals surface area contributed by atoms with Crippen molar-refractivity contribution in [1.29, 1.82) is 0 Å². The quantitative estimate of drug-likeness (QED) is 0.775. The molecule has 1 aliphatic rings. The average Bonchev–Trinajstić information content (AvgIpc) is 2.81. The molecule has 1 fully saturated rings. The van der Waals surface area contributed by atoms with Gasteiger partial charge in [-0.2, -0.15) is 0 Å². The molecule has 0 spiro atoms. The number of nitrogens with one attached hydrogen (secondary N) is 2. The van der Waals surface area contributed by atoms with Gasteiger partial charge < -0.3 is 15.1 Å². The summed E-state index contributed by atoms with van der Waals surface area (Å²) < 4.78 is 5.78. The van der Waals surface area contributed by atoms with Crippen LogP contribution in [0, 0.1) is 5.92 Å². The van der Waals surface area contributed by atoms with Crippen molar-refractivity contribution in [2.75, 3.05) is 18.4 Å². The number of para-hydroxylation sites is 1. The number of hydrogen-bond donors (Lipinski definition) is 2. The number of anilines is 1. The minimum atomic E-state index is 0.0775. The molecule has 0 bridgehead atoms. The van der Waals surface area contributed by atoms with Gasteiger partial charge in [-0.05, 0) is 43.3 Å². The van der Waals surface area contributed by atoms with E-state index in [2.05, 4.69) is 10.6 Å². The van der Waals surface area contributed by atoms with Crippen molar-refractivity contribution >= 4 is 33.5 Å². The second-order valence-electron chi connectivity index (χ2n) is 5.59. The van der Waals surface area contributed by atoms with Crippen molar-refractivity contribution in [2.24, 2.45) is 5.92 Å². The summed E-state index contributed by atoms with van der Waals surface area (Å²) in [6.07, 6.45) is 0.581. The van der Waals surface area contributed by atoms with Crippen LogP contribution >= 0.6 is 0 Å². The summed E-state index contributed by atoms with van der Waals surface area (Å²) >= 11 is 0. The minimum absolute atomic E-state index is 0.0775. The van der Waals surface area contributed by atoms with Crippen LogP contribution in [0.1, 0.15) is 6.42 Å². The summed E-state index contributed by atoms with van der Waals surface area (Å²) in [5, 5.41) is 8.27. The van der Waals surface area contributed by atoms with Gasteiger partial charge in [-0.25, -0.2) is 0 Å². The number of carbonyl (C=O) groups is 1. The van der Waals surface area contributed by atoms with Crippen LogP contribution in [-0.4, -0.2) is 19.0 Å². The maximum atomic E-state index is 12.0. The molecule has 21 heavy (non-hydrogen) atoms. The monoisotopic (exact) mass is 280 g/mol. The normalized spacial score (nSPS) is 15.2. The van der Waals surface area contributed by atoms with Gasteiger partial charge in [0.15, 0.2) is 0 Å². The fraction of sp³-hybridized carbons (Fsp3) is 0.235. The second-order valence-corrected chi connectivity index (χ2v) is 5.59. The van der Waals surface area contributed by atoms with Crippen LogP contribution < -0.4 is 10.6 Å². The smallest absolute Gasteiger partial charge is 0.224 e. The molecule has 4 heteroatoms. The summed E-state index contributed by atoms with van der Waals surface area (Å²) in [5.74, 6) is 0.553. The molecule has 0 atom stereocenters. The lowest BCUT2D eigenvalue weighted by atomic mass is 9.99. The van der Waals surface area contributed by atoms with Gasteiger partial charge in [0, 0.05) is 22.9 Å². The zero-order valence-corrected chi connectivity index (χ0v) is 11.6. The summed E-state index contributed by atoms with van der Waals surface area (Å²) in [5.41, 5.74) is 2.54. The van der Waals surface area contributed by atoms with Gasteiger partial charge in [0.25, 0.3) is 0 Å². The Morgan fingerprint density at radius 1 is 1.14 bits per heavy atom. The topological polar surface area (TPSA) is 54.3 Å². The molecule has 3 aromatic rings. The molecule has 1 aromatic heterocycles. The van der Waals surface area contributed by atoms with Gasteiger partial charge in [-0.3, -0.25) is 4.79 Å². The van der Waals surface area contributed by atoms with E-state index < -0.39 is 0 Å². The fourth-order valence-corrected chi connectivity index (χ4v) is 2.77. The lowest BCUT2D eigenvalue weighted by Gasteiger charge is -2.26. The summed E-state index contributed by atoms with van der Waals surface area (Å²) in [6, 6.07) is 13.7. The number of benzene rings is 2. The SMILES string of the molecule is O=C(CC1CNC1)Nc1ccc2oc3ccccc3c2c1. The van der Waals surface area contributed by atoms with Crippen LogP contribution in [-0.2, 0) is 4.79 Å². The van der Waals surface area contributed by atoms with Gasteiger partial charge in [-0.1, -0.05) is 18.2 Å². The van der Waals surface area contributed by atoms with Crippen molar-refractivity contribution < 1.29 is 9.21 Å². The first-order valence-corrected chi connectivity index (χ1v) is 7.21. The molecule has 2 N–H and O–H groups in total. The van der Waals surface area contributed by atoms with Crippen molar-refractivity contribution in [2.45, 2.75) is 6.42 Å². The zero-order chi connectivity index (χ0) is 14.2. The van der Waals surface area contributed by atoms with Gasteiger partial charge in [0.05, 0.1) is 0 Å². The number of rotatable bonds is 3. The molecule has 0 aliphatic carbocycles. The molecule has 0 unspecified atom stereocenters.